The minimum absolute atomic E-state index is 0.103. The van der Waals surface area contributed by atoms with E-state index in [4.69, 9.17) is 22.1 Å². The molecule has 7 heteroatoms. The maximum Gasteiger partial charge on any atom is 0.235 e. The highest BCUT2D eigenvalue weighted by Gasteiger charge is 2.21. The van der Waals surface area contributed by atoms with E-state index in [0.29, 0.717) is 41.9 Å². The number of anilines is 1. The summed E-state index contributed by atoms with van der Waals surface area (Å²) in [5.41, 5.74) is 6.10. The summed E-state index contributed by atoms with van der Waals surface area (Å²) < 4.78 is 17.4. The monoisotopic (exact) mass is 302 g/mol. The lowest BCUT2D eigenvalue weighted by Crippen LogP contribution is -2.42. The van der Waals surface area contributed by atoms with E-state index in [2.05, 4.69) is 0 Å². The molecule has 1 unspecified atom stereocenters. The van der Waals surface area contributed by atoms with Gasteiger partial charge >= 0.3 is 0 Å². The molecule has 0 radical (unpaired) electrons. The molecule has 19 heavy (non-hydrogen) atoms. The lowest BCUT2D eigenvalue weighted by molar-refractivity contribution is -0.132. The zero-order valence-corrected chi connectivity index (χ0v) is 11.9. The van der Waals surface area contributed by atoms with Crippen LogP contribution in [0.15, 0.2) is 23.1 Å². The molecule has 0 saturated carbocycles. The van der Waals surface area contributed by atoms with Crippen LogP contribution in [0.25, 0.3) is 0 Å². The molecule has 0 aliphatic carbocycles. The molecule has 1 aromatic rings. The Kier molecular flexibility index (Phi) is 4.79. The van der Waals surface area contributed by atoms with E-state index >= 15 is 0 Å². The van der Waals surface area contributed by atoms with E-state index < -0.39 is 10.8 Å². The van der Waals surface area contributed by atoms with Crippen molar-refractivity contribution in [2.45, 2.75) is 4.90 Å². The molecule has 1 aromatic carbocycles. The smallest absolute Gasteiger partial charge is 0.235 e. The highest BCUT2D eigenvalue weighted by molar-refractivity contribution is 7.86. The molecule has 1 amide bonds. The summed E-state index contributed by atoms with van der Waals surface area (Å²) >= 11 is 5.98. The van der Waals surface area contributed by atoms with Gasteiger partial charge in [0.05, 0.1) is 33.9 Å². The van der Waals surface area contributed by atoms with Crippen LogP contribution in [0.5, 0.6) is 0 Å². The van der Waals surface area contributed by atoms with Crippen LogP contribution in [-0.2, 0) is 20.3 Å². The van der Waals surface area contributed by atoms with Crippen molar-refractivity contribution in [3.8, 4) is 0 Å². The fraction of sp³-hybridized carbons (Fsp3) is 0.417. The first-order valence-electron chi connectivity index (χ1n) is 5.87. The van der Waals surface area contributed by atoms with Gasteiger partial charge in [0.1, 0.15) is 5.75 Å². The van der Waals surface area contributed by atoms with Gasteiger partial charge in [-0.25, -0.2) is 0 Å². The average Bonchev–Trinajstić information content (AvgIpc) is 2.39. The van der Waals surface area contributed by atoms with Gasteiger partial charge < -0.3 is 15.4 Å². The Morgan fingerprint density at radius 1 is 1.42 bits per heavy atom. The van der Waals surface area contributed by atoms with E-state index in [1.165, 1.54) is 0 Å². The number of hydrogen-bond acceptors (Lipinski definition) is 4. The molecule has 0 aromatic heterocycles. The van der Waals surface area contributed by atoms with Crippen molar-refractivity contribution in [2.75, 3.05) is 37.8 Å². The van der Waals surface area contributed by atoms with Crippen molar-refractivity contribution in [3.63, 3.8) is 0 Å². The molecule has 1 aliphatic heterocycles. The number of hydrogen-bond donors (Lipinski definition) is 1. The predicted octanol–water partition coefficient (Wildman–Crippen LogP) is 0.889. The number of rotatable bonds is 3. The van der Waals surface area contributed by atoms with E-state index in [-0.39, 0.29) is 11.7 Å². The van der Waals surface area contributed by atoms with Crippen LogP contribution in [0.4, 0.5) is 5.69 Å². The second-order valence-electron chi connectivity index (χ2n) is 4.14. The number of ether oxygens (including phenoxy) is 1. The van der Waals surface area contributed by atoms with Crippen molar-refractivity contribution < 1.29 is 13.7 Å². The summed E-state index contributed by atoms with van der Waals surface area (Å²) in [7, 11) is -1.53. The van der Waals surface area contributed by atoms with Gasteiger partial charge in [0.15, 0.2) is 0 Å². The number of nitrogens with two attached hydrogens (primary N) is 1. The van der Waals surface area contributed by atoms with Gasteiger partial charge in [0.2, 0.25) is 5.91 Å². The Hall–Kier alpha value is -1.11. The molecule has 0 spiro atoms. The Bertz CT molecular complexity index is 483. The van der Waals surface area contributed by atoms with Gasteiger partial charge in [0.25, 0.3) is 0 Å². The van der Waals surface area contributed by atoms with Gasteiger partial charge in [-0.1, -0.05) is 17.7 Å². The van der Waals surface area contributed by atoms with Gasteiger partial charge in [-0.2, -0.15) is 0 Å². The van der Waals surface area contributed by atoms with Gasteiger partial charge in [0, 0.05) is 18.8 Å². The van der Waals surface area contributed by atoms with Crippen LogP contribution in [0.3, 0.4) is 0 Å². The van der Waals surface area contributed by atoms with Crippen molar-refractivity contribution in [1.29, 1.82) is 0 Å². The lowest BCUT2D eigenvalue weighted by atomic mass is 10.3. The van der Waals surface area contributed by atoms with Crippen molar-refractivity contribution in [1.82, 2.24) is 4.90 Å². The SMILES string of the molecule is Nc1cccc(Cl)c1S(=O)CC(=O)N1CCOCC1. The van der Waals surface area contributed by atoms with Gasteiger partial charge in [-0.05, 0) is 12.1 Å². The average molecular weight is 303 g/mol. The van der Waals surface area contributed by atoms with Crippen LogP contribution >= 0.6 is 11.6 Å². The normalized spacial score (nSPS) is 17.2. The zero-order valence-electron chi connectivity index (χ0n) is 10.3. The summed E-state index contributed by atoms with van der Waals surface area (Å²) in [6, 6.07) is 4.92. The summed E-state index contributed by atoms with van der Waals surface area (Å²) in [6.45, 7) is 2.11. The molecule has 2 rings (SSSR count). The number of halogens is 1. The fourth-order valence-electron chi connectivity index (χ4n) is 1.85. The minimum atomic E-state index is -1.53. The summed E-state index contributed by atoms with van der Waals surface area (Å²) in [4.78, 5) is 14.0. The van der Waals surface area contributed by atoms with Crippen LogP contribution in [0.1, 0.15) is 0 Å². The molecule has 104 valence electrons. The maximum atomic E-state index is 12.2. The highest BCUT2D eigenvalue weighted by atomic mass is 35.5. The molecular formula is C12H15ClN2O3S. The number of morpholine rings is 1. The maximum absolute atomic E-state index is 12.2. The Morgan fingerprint density at radius 3 is 2.74 bits per heavy atom. The van der Waals surface area contributed by atoms with Crippen LogP contribution in [0, 0.1) is 0 Å². The van der Waals surface area contributed by atoms with Crippen molar-refractivity contribution in [3.05, 3.63) is 23.2 Å². The molecule has 1 atom stereocenters. The van der Waals surface area contributed by atoms with Crippen LogP contribution < -0.4 is 5.73 Å². The third-order valence-electron chi connectivity index (χ3n) is 2.84. The first kappa shape index (κ1) is 14.3. The number of nitrogens with zero attached hydrogens (tertiary/aromatic N) is 1. The topological polar surface area (TPSA) is 72.6 Å². The molecule has 2 N–H and O–H groups in total. The van der Waals surface area contributed by atoms with Crippen molar-refractivity contribution in [2.24, 2.45) is 0 Å². The van der Waals surface area contributed by atoms with Crippen LogP contribution in [0.2, 0.25) is 5.02 Å². The van der Waals surface area contributed by atoms with Crippen molar-refractivity contribution >= 4 is 34.0 Å². The number of carbonyl (C=O) groups excluding carboxylic acids is 1. The quantitative estimate of drug-likeness (QED) is 0.842. The molecule has 5 nitrogen and oxygen atoms in total. The largest absolute Gasteiger partial charge is 0.398 e. The summed E-state index contributed by atoms with van der Waals surface area (Å²) in [5.74, 6) is -0.269. The van der Waals surface area contributed by atoms with E-state index in [1.807, 2.05) is 0 Å². The van der Waals surface area contributed by atoms with E-state index in [0.717, 1.165) is 0 Å². The number of carbonyl (C=O) groups is 1. The highest BCUT2D eigenvalue weighted by Crippen LogP contribution is 2.25. The second kappa shape index (κ2) is 6.36. The summed E-state index contributed by atoms with van der Waals surface area (Å²) in [5, 5.41) is 0.327. The lowest BCUT2D eigenvalue weighted by Gasteiger charge is -2.26. The fourth-order valence-corrected chi connectivity index (χ4v) is 3.46. The number of nitrogen functional groups attached to an aromatic ring is 1. The van der Waals surface area contributed by atoms with Gasteiger partial charge in [-0.15, -0.1) is 0 Å². The molecule has 1 heterocycles. The summed E-state index contributed by atoms with van der Waals surface area (Å²) in [6.07, 6.45) is 0. The first-order chi connectivity index (χ1) is 9.09. The molecular weight excluding hydrogens is 288 g/mol. The first-order valence-corrected chi connectivity index (χ1v) is 7.57. The van der Waals surface area contributed by atoms with E-state index in [9.17, 15) is 9.00 Å². The number of amides is 1. The third-order valence-corrected chi connectivity index (χ3v) is 4.69. The molecule has 1 fully saturated rings. The number of benzene rings is 1. The van der Waals surface area contributed by atoms with Gasteiger partial charge in [-0.3, -0.25) is 9.00 Å². The Morgan fingerprint density at radius 2 is 2.11 bits per heavy atom. The molecule has 0 bridgehead atoms. The standard InChI is InChI=1S/C12H15ClN2O3S/c13-9-2-1-3-10(14)12(9)19(17)8-11(16)15-4-6-18-7-5-15/h1-3H,4-8,14H2. The van der Waals surface area contributed by atoms with E-state index in [1.54, 1.807) is 23.1 Å². The molecule has 1 saturated heterocycles. The zero-order chi connectivity index (χ0) is 13.8. The third kappa shape index (κ3) is 3.46. The Balaban J connectivity index is 2.06. The Labute approximate surface area is 119 Å². The molecule has 1 aliphatic rings. The predicted molar refractivity (Wildman–Crippen MR) is 74.5 cm³/mol. The minimum Gasteiger partial charge on any atom is -0.398 e. The second-order valence-corrected chi connectivity index (χ2v) is 5.94. The van der Waals surface area contributed by atoms with Crippen LogP contribution in [-0.4, -0.2) is 47.1 Å².